The molecule has 1 aromatic rings. The van der Waals surface area contributed by atoms with E-state index < -0.39 is 0 Å². The lowest BCUT2D eigenvalue weighted by molar-refractivity contribution is 0.151. The molecule has 0 aromatic heterocycles. The molecule has 17 heavy (non-hydrogen) atoms. The van der Waals surface area contributed by atoms with Crippen molar-refractivity contribution in [3.8, 4) is 0 Å². The number of hydrogen-bond acceptors (Lipinski definition) is 0. The smallest absolute Gasteiger partial charge is 0.0851 e. The molecule has 0 heterocycles. The molecule has 1 aromatic carbocycles. The molecule has 1 unspecified atom stereocenters. The summed E-state index contributed by atoms with van der Waals surface area (Å²) >= 11 is 0. The molecule has 0 aliphatic rings. The molecule has 1 radical (unpaired) electrons. The third-order valence-corrected chi connectivity index (χ3v) is 3.21. The van der Waals surface area contributed by atoms with Gasteiger partial charge >= 0.3 is 0 Å². The lowest BCUT2D eigenvalue weighted by atomic mass is 9.99. The van der Waals surface area contributed by atoms with Gasteiger partial charge in [-0.2, -0.15) is 0 Å². The molecule has 95 valence electrons. The first kappa shape index (κ1) is 14.2. The number of hydrogen-bond donors (Lipinski definition) is 0. The van der Waals surface area contributed by atoms with E-state index in [0.29, 0.717) is 0 Å². The van der Waals surface area contributed by atoms with Crippen LogP contribution in [-0.4, -0.2) is 6.61 Å². The summed E-state index contributed by atoms with van der Waals surface area (Å²) in [7, 11) is 0. The van der Waals surface area contributed by atoms with E-state index in [4.69, 9.17) is 0 Å². The zero-order valence-corrected chi connectivity index (χ0v) is 11.2. The summed E-state index contributed by atoms with van der Waals surface area (Å²) in [6, 6.07) is 8.81. The van der Waals surface area contributed by atoms with Gasteiger partial charge in [0.25, 0.3) is 0 Å². The Hall–Kier alpha value is -0.820. The van der Waals surface area contributed by atoms with E-state index in [-0.39, 0.29) is 12.5 Å². The highest BCUT2D eigenvalue weighted by molar-refractivity contribution is 5.23. The average Bonchev–Trinajstić information content (AvgIpc) is 2.36. The summed E-state index contributed by atoms with van der Waals surface area (Å²) in [5.41, 5.74) is 2.73. The lowest BCUT2D eigenvalue weighted by Gasteiger charge is -2.07. The molecule has 1 heteroatoms. The van der Waals surface area contributed by atoms with Crippen LogP contribution in [0.15, 0.2) is 24.3 Å². The predicted octanol–water partition coefficient (Wildman–Crippen LogP) is 4.42. The van der Waals surface area contributed by atoms with Gasteiger partial charge in [0.1, 0.15) is 0 Å². The maximum absolute atomic E-state index is 10.7. The molecule has 0 saturated heterocycles. The van der Waals surface area contributed by atoms with E-state index >= 15 is 0 Å². The van der Waals surface area contributed by atoms with Crippen molar-refractivity contribution in [2.24, 2.45) is 5.92 Å². The van der Waals surface area contributed by atoms with Gasteiger partial charge in [-0.25, -0.2) is 5.11 Å². The largest absolute Gasteiger partial charge is 0.236 e. The fourth-order valence-corrected chi connectivity index (χ4v) is 2.06. The van der Waals surface area contributed by atoms with Crippen molar-refractivity contribution >= 4 is 0 Å². The summed E-state index contributed by atoms with van der Waals surface area (Å²) in [4.78, 5) is 0. The summed E-state index contributed by atoms with van der Waals surface area (Å²) in [5, 5.41) is 10.7. The summed E-state index contributed by atoms with van der Waals surface area (Å²) in [5.74, 6) is 0.255. The molecule has 0 aliphatic carbocycles. The van der Waals surface area contributed by atoms with E-state index in [1.165, 1.54) is 43.2 Å². The second-order valence-electron chi connectivity index (χ2n) is 5.10. The van der Waals surface area contributed by atoms with Gasteiger partial charge in [0.2, 0.25) is 0 Å². The second kappa shape index (κ2) is 8.30. The molecular formula is C16H25O. The van der Waals surface area contributed by atoms with E-state index in [9.17, 15) is 5.11 Å². The highest BCUT2D eigenvalue weighted by Crippen LogP contribution is 2.12. The highest BCUT2D eigenvalue weighted by atomic mass is 16.3. The Morgan fingerprint density at radius 2 is 1.65 bits per heavy atom. The zero-order valence-electron chi connectivity index (χ0n) is 11.2. The van der Waals surface area contributed by atoms with Crippen LogP contribution in [0, 0.1) is 5.92 Å². The van der Waals surface area contributed by atoms with Gasteiger partial charge in [0.05, 0.1) is 6.61 Å². The Morgan fingerprint density at radius 1 is 1.00 bits per heavy atom. The van der Waals surface area contributed by atoms with Gasteiger partial charge < -0.3 is 0 Å². The van der Waals surface area contributed by atoms with E-state index in [1.54, 1.807) is 0 Å². The first-order chi connectivity index (χ1) is 8.26. The fourth-order valence-electron chi connectivity index (χ4n) is 2.06. The van der Waals surface area contributed by atoms with Crippen LogP contribution in [0.1, 0.15) is 50.7 Å². The third kappa shape index (κ3) is 5.88. The molecule has 0 N–H and O–H groups in total. The summed E-state index contributed by atoms with van der Waals surface area (Å²) in [6.45, 7) is 4.29. The predicted molar refractivity (Wildman–Crippen MR) is 72.7 cm³/mol. The van der Waals surface area contributed by atoms with E-state index in [1.807, 2.05) is 6.92 Å². The van der Waals surface area contributed by atoms with E-state index in [0.717, 1.165) is 6.42 Å². The first-order valence-corrected chi connectivity index (χ1v) is 6.92. The highest BCUT2D eigenvalue weighted by Gasteiger charge is 2.02. The van der Waals surface area contributed by atoms with Crippen LogP contribution in [0.3, 0.4) is 0 Å². The van der Waals surface area contributed by atoms with Crippen LogP contribution in [0.5, 0.6) is 0 Å². The SMILES string of the molecule is CCCCCCc1ccc(CC(C)C[O])cc1. The van der Waals surface area contributed by atoms with E-state index in [2.05, 4.69) is 31.2 Å². The topological polar surface area (TPSA) is 19.9 Å². The Balaban J connectivity index is 2.34. The Morgan fingerprint density at radius 3 is 2.24 bits per heavy atom. The van der Waals surface area contributed by atoms with Gasteiger partial charge in [-0.15, -0.1) is 0 Å². The minimum Gasteiger partial charge on any atom is -0.236 e. The first-order valence-electron chi connectivity index (χ1n) is 6.92. The zero-order chi connectivity index (χ0) is 12.5. The van der Waals surface area contributed by atoms with Crippen molar-refractivity contribution < 1.29 is 5.11 Å². The van der Waals surface area contributed by atoms with Crippen molar-refractivity contribution in [2.45, 2.75) is 52.4 Å². The maximum atomic E-state index is 10.7. The quantitative estimate of drug-likeness (QED) is 0.592. The van der Waals surface area contributed by atoms with Gasteiger partial charge in [0, 0.05) is 0 Å². The molecule has 0 saturated carbocycles. The van der Waals surface area contributed by atoms with Crippen LogP contribution < -0.4 is 0 Å². The molecule has 1 rings (SSSR count). The number of benzene rings is 1. The minimum atomic E-state index is 0.0266. The molecule has 0 spiro atoms. The Kier molecular flexibility index (Phi) is 6.95. The van der Waals surface area contributed by atoms with Gasteiger partial charge in [-0.05, 0) is 36.3 Å². The van der Waals surface area contributed by atoms with Crippen molar-refractivity contribution in [1.29, 1.82) is 0 Å². The fraction of sp³-hybridized carbons (Fsp3) is 0.625. The van der Waals surface area contributed by atoms with Crippen LogP contribution in [-0.2, 0) is 17.9 Å². The third-order valence-electron chi connectivity index (χ3n) is 3.21. The Bertz CT molecular complexity index is 289. The van der Waals surface area contributed by atoms with Gasteiger partial charge in [0.15, 0.2) is 0 Å². The van der Waals surface area contributed by atoms with Gasteiger partial charge in [-0.3, -0.25) is 0 Å². The van der Waals surface area contributed by atoms with Gasteiger partial charge in [-0.1, -0.05) is 57.4 Å². The monoisotopic (exact) mass is 233 g/mol. The Labute approximate surface area is 106 Å². The van der Waals surface area contributed by atoms with Crippen LogP contribution in [0.25, 0.3) is 0 Å². The molecule has 0 aliphatic heterocycles. The molecule has 0 bridgehead atoms. The number of rotatable bonds is 8. The lowest BCUT2D eigenvalue weighted by Crippen LogP contribution is -2.03. The second-order valence-corrected chi connectivity index (χ2v) is 5.10. The molecule has 1 atom stereocenters. The van der Waals surface area contributed by atoms with Crippen molar-refractivity contribution in [3.05, 3.63) is 35.4 Å². The minimum absolute atomic E-state index is 0.0266. The van der Waals surface area contributed by atoms with Crippen LogP contribution in [0.4, 0.5) is 0 Å². The average molecular weight is 233 g/mol. The summed E-state index contributed by atoms with van der Waals surface area (Å²) in [6.07, 6.45) is 7.39. The molecular weight excluding hydrogens is 208 g/mol. The van der Waals surface area contributed by atoms with Crippen LogP contribution in [0.2, 0.25) is 0 Å². The molecule has 1 nitrogen and oxygen atoms in total. The number of unbranched alkanes of at least 4 members (excludes halogenated alkanes) is 3. The van der Waals surface area contributed by atoms with Crippen molar-refractivity contribution in [3.63, 3.8) is 0 Å². The number of aryl methyl sites for hydroxylation is 1. The maximum Gasteiger partial charge on any atom is 0.0851 e. The molecule has 0 fully saturated rings. The van der Waals surface area contributed by atoms with Crippen molar-refractivity contribution in [2.75, 3.05) is 6.61 Å². The standard InChI is InChI=1S/C16H25O/c1-3-4-5-6-7-15-8-10-16(11-9-15)12-14(2)13-17/h8-11,14H,3-7,12-13H2,1-2H3. The van der Waals surface area contributed by atoms with Crippen LogP contribution >= 0.6 is 0 Å². The normalized spacial score (nSPS) is 12.6. The molecule has 0 amide bonds. The summed E-state index contributed by atoms with van der Waals surface area (Å²) < 4.78 is 0. The van der Waals surface area contributed by atoms with Crippen molar-refractivity contribution in [1.82, 2.24) is 0 Å².